The molecule has 1 atom stereocenters. The lowest BCUT2D eigenvalue weighted by Gasteiger charge is -2.18. The van der Waals surface area contributed by atoms with E-state index >= 15 is 0 Å². The lowest BCUT2D eigenvalue weighted by Crippen LogP contribution is -2.30. The average Bonchev–Trinajstić information content (AvgIpc) is 3.35. The van der Waals surface area contributed by atoms with Crippen molar-refractivity contribution in [3.05, 3.63) is 60.8 Å². The molecular weight excluding hydrogens is 853 g/mol. The number of hydrogen-bond acceptors (Lipinski definition) is 6. The maximum Gasteiger partial charge on any atom is 0.306 e. The molecule has 400 valence electrons. The SMILES string of the molecule is CCCCCC/C=C\CCCCCCCC(=O)OCC(COC(=O)CCCCCCCC/C=C\C/C=C\C/C=C\CCCCCCC)OC(=O)CCCCCCCCC/C=C\CCCCCCCC. The van der Waals surface area contributed by atoms with Crippen LogP contribution in [0.1, 0.15) is 303 Å². The van der Waals surface area contributed by atoms with Gasteiger partial charge in [-0.3, -0.25) is 14.4 Å². The first-order chi connectivity index (χ1) is 34.0. The molecule has 0 aromatic rings. The van der Waals surface area contributed by atoms with Crippen LogP contribution < -0.4 is 0 Å². The fourth-order valence-electron chi connectivity index (χ4n) is 8.44. The molecule has 0 aromatic carbocycles. The molecule has 0 aliphatic carbocycles. The maximum absolute atomic E-state index is 12.9. The summed E-state index contributed by atoms with van der Waals surface area (Å²) in [5, 5.41) is 0. The first kappa shape index (κ1) is 66.1. The van der Waals surface area contributed by atoms with Crippen molar-refractivity contribution in [2.45, 2.75) is 309 Å². The van der Waals surface area contributed by atoms with Gasteiger partial charge >= 0.3 is 17.9 Å². The van der Waals surface area contributed by atoms with Crippen molar-refractivity contribution in [1.29, 1.82) is 0 Å². The van der Waals surface area contributed by atoms with Crippen molar-refractivity contribution in [2.75, 3.05) is 13.2 Å². The Kier molecular flexibility index (Phi) is 55.3. The second-order valence-corrected chi connectivity index (χ2v) is 19.9. The third kappa shape index (κ3) is 55.9. The Bertz CT molecular complexity index is 1250. The van der Waals surface area contributed by atoms with Gasteiger partial charge < -0.3 is 14.2 Å². The normalized spacial score (nSPS) is 12.4. The molecule has 0 radical (unpaired) electrons. The zero-order valence-corrected chi connectivity index (χ0v) is 45.8. The Labute approximate surface area is 428 Å². The molecule has 0 saturated carbocycles. The summed E-state index contributed by atoms with van der Waals surface area (Å²) < 4.78 is 16.9. The van der Waals surface area contributed by atoms with Crippen molar-refractivity contribution in [3.63, 3.8) is 0 Å². The quantitative estimate of drug-likeness (QED) is 0.0262. The zero-order valence-electron chi connectivity index (χ0n) is 45.8. The van der Waals surface area contributed by atoms with Crippen LogP contribution >= 0.6 is 0 Å². The van der Waals surface area contributed by atoms with E-state index in [0.717, 1.165) is 83.5 Å². The van der Waals surface area contributed by atoms with E-state index in [0.29, 0.717) is 19.3 Å². The molecule has 0 aliphatic heterocycles. The Morgan fingerprint density at radius 1 is 0.290 bits per heavy atom. The van der Waals surface area contributed by atoms with E-state index in [2.05, 4.69) is 81.5 Å². The van der Waals surface area contributed by atoms with E-state index in [4.69, 9.17) is 14.2 Å². The summed E-state index contributed by atoms with van der Waals surface area (Å²) in [5.74, 6) is -0.897. The van der Waals surface area contributed by atoms with Crippen molar-refractivity contribution in [1.82, 2.24) is 0 Å². The van der Waals surface area contributed by atoms with Crippen LogP contribution in [-0.4, -0.2) is 37.2 Å². The van der Waals surface area contributed by atoms with Gasteiger partial charge in [0.1, 0.15) is 13.2 Å². The largest absolute Gasteiger partial charge is 0.462 e. The fourth-order valence-corrected chi connectivity index (χ4v) is 8.44. The molecule has 0 spiro atoms. The number of hydrogen-bond donors (Lipinski definition) is 0. The highest BCUT2D eigenvalue weighted by molar-refractivity contribution is 5.71. The van der Waals surface area contributed by atoms with Crippen LogP contribution in [0.25, 0.3) is 0 Å². The topological polar surface area (TPSA) is 78.9 Å². The minimum atomic E-state index is -0.785. The van der Waals surface area contributed by atoms with Crippen LogP contribution in [0.4, 0.5) is 0 Å². The van der Waals surface area contributed by atoms with Crippen LogP contribution in [0.2, 0.25) is 0 Å². The lowest BCUT2D eigenvalue weighted by molar-refractivity contribution is -0.167. The molecule has 0 N–H and O–H groups in total. The van der Waals surface area contributed by atoms with Crippen molar-refractivity contribution in [3.8, 4) is 0 Å². The first-order valence-corrected chi connectivity index (χ1v) is 29.8. The predicted molar refractivity (Wildman–Crippen MR) is 298 cm³/mol. The molecule has 6 nitrogen and oxygen atoms in total. The average molecular weight is 966 g/mol. The van der Waals surface area contributed by atoms with Crippen molar-refractivity contribution in [2.24, 2.45) is 0 Å². The number of allylic oxidation sites excluding steroid dienone is 10. The Morgan fingerprint density at radius 2 is 0.522 bits per heavy atom. The molecule has 0 bridgehead atoms. The maximum atomic E-state index is 12.9. The van der Waals surface area contributed by atoms with Gasteiger partial charge in [0, 0.05) is 19.3 Å². The molecule has 0 fully saturated rings. The van der Waals surface area contributed by atoms with Crippen molar-refractivity contribution < 1.29 is 28.6 Å². The van der Waals surface area contributed by atoms with Crippen LogP contribution in [0.5, 0.6) is 0 Å². The van der Waals surface area contributed by atoms with Crippen LogP contribution in [0.3, 0.4) is 0 Å². The number of rotatable bonds is 54. The Morgan fingerprint density at radius 3 is 0.841 bits per heavy atom. The molecule has 6 heteroatoms. The van der Waals surface area contributed by atoms with E-state index in [1.807, 2.05) is 0 Å². The number of carbonyl (C=O) groups is 3. The van der Waals surface area contributed by atoms with Gasteiger partial charge in [0.25, 0.3) is 0 Å². The van der Waals surface area contributed by atoms with E-state index in [9.17, 15) is 14.4 Å². The standard InChI is InChI=1S/C63H112O6/c1-4-7-10-13-16-19-22-25-27-29-30-31-32-34-35-38-41-44-47-50-53-56-62(65)68-59-60(58-67-61(64)55-52-49-46-43-40-37-24-21-18-15-12-9-6-3)69-63(66)57-54-51-48-45-42-39-36-33-28-26-23-20-17-14-11-8-5-2/h21-22,24-26,28-30,32,34,60H,4-20,23,27,31,33,35-59H2,1-3H3/b24-21-,25-22-,28-26-,30-29-,34-32-. The summed E-state index contributed by atoms with van der Waals surface area (Å²) >= 11 is 0. The molecule has 1 unspecified atom stereocenters. The molecule has 0 amide bonds. The third-order valence-electron chi connectivity index (χ3n) is 13.0. The number of ether oxygens (including phenoxy) is 3. The summed E-state index contributed by atoms with van der Waals surface area (Å²) in [5.41, 5.74) is 0. The monoisotopic (exact) mass is 965 g/mol. The van der Waals surface area contributed by atoms with E-state index in [1.54, 1.807) is 0 Å². The summed E-state index contributed by atoms with van der Waals surface area (Å²) in [6.07, 6.45) is 72.1. The highest BCUT2D eigenvalue weighted by Gasteiger charge is 2.19. The van der Waals surface area contributed by atoms with Gasteiger partial charge in [-0.2, -0.15) is 0 Å². The first-order valence-electron chi connectivity index (χ1n) is 29.8. The molecule has 0 rings (SSSR count). The summed E-state index contributed by atoms with van der Waals surface area (Å²) in [4.78, 5) is 38.2. The summed E-state index contributed by atoms with van der Waals surface area (Å²) in [6.45, 7) is 6.61. The highest BCUT2D eigenvalue weighted by Crippen LogP contribution is 2.15. The predicted octanol–water partition coefficient (Wildman–Crippen LogP) is 20.0. The Hall–Kier alpha value is -2.89. The zero-order chi connectivity index (χ0) is 50.0. The summed E-state index contributed by atoms with van der Waals surface area (Å²) in [7, 11) is 0. The van der Waals surface area contributed by atoms with E-state index in [-0.39, 0.29) is 31.1 Å². The third-order valence-corrected chi connectivity index (χ3v) is 13.0. The van der Waals surface area contributed by atoms with Crippen LogP contribution in [0.15, 0.2) is 60.8 Å². The second-order valence-electron chi connectivity index (χ2n) is 19.9. The number of unbranched alkanes of at least 4 members (excludes halogenated alkanes) is 33. The van der Waals surface area contributed by atoms with Gasteiger partial charge in [0.2, 0.25) is 0 Å². The Balaban J connectivity index is 4.38. The van der Waals surface area contributed by atoms with E-state index < -0.39 is 6.10 Å². The molecule has 0 aliphatic rings. The minimum Gasteiger partial charge on any atom is -0.462 e. The van der Waals surface area contributed by atoms with Gasteiger partial charge in [-0.15, -0.1) is 0 Å². The minimum absolute atomic E-state index is 0.0836. The fraction of sp³-hybridized carbons (Fsp3) is 0.794. The van der Waals surface area contributed by atoms with Crippen LogP contribution in [-0.2, 0) is 28.6 Å². The van der Waals surface area contributed by atoms with Gasteiger partial charge in [0.15, 0.2) is 6.10 Å². The highest BCUT2D eigenvalue weighted by atomic mass is 16.6. The molecule has 0 aromatic heterocycles. The lowest BCUT2D eigenvalue weighted by atomic mass is 10.1. The molecule has 69 heavy (non-hydrogen) atoms. The van der Waals surface area contributed by atoms with Gasteiger partial charge in [-0.1, -0.05) is 236 Å². The van der Waals surface area contributed by atoms with Gasteiger partial charge in [0.05, 0.1) is 0 Å². The number of carbonyl (C=O) groups excluding carboxylic acids is 3. The van der Waals surface area contributed by atoms with Gasteiger partial charge in [-0.05, 0) is 109 Å². The van der Waals surface area contributed by atoms with E-state index in [1.165, 1.54) is 180 Å². The van der Waals surface area contributed by atoms with Crippen LogP contribution in [0, 0.1) is 0 Å². The summed E-state index contributed by atoms with van der Waals surface area (Å²) in [6, 6.07) is 0. The van der Waals surface area contributed by atoms with Crippen molar-refractivity contribution >= 4 is 17.9 Å². The van der Waals surface area contributed by atoms with Gasteiger partial charge in [-0.25, -0.2) is 0 Å². The molecule has 0 heterocycles. The smallest absolute Gasteiger partial charge is 0.306 e. The number of esters is 3. The molecular formula is C63H112O6. The second kappa shape index (κ2) is 57.7. The molecule has 0 saturated heterocycles.